The Bertz CT molecular complexity index is 258. The lowest BCUT2D eigenvalue weighted by Gasteiger charge is -2.08. The maximum Gasteiger partial charge on any atom is 0.0787 e. The highest BCUT2D eigenvalue weighted by Crippen LogP contribution is 2.21. The predicted molar refractivity (Wildman–Crippen MR) is 59.5 cm³/mol. The highest BCUT2D eigenvalue weighted by atomic mass is 32.2. The molecule has 0 bridgehead atoms. The molecule has 1 rings (SSSR count). The van der Waals surface area contributed by atoms with Crippen LogP contribution >= 0.6 is 11.8 Å². The fraction of sp³-hybridized carbons (Fsp3) is 0.455. The van der Waals surface area contributed by atoms with Gasteiger partial charge in [-0.25, -0.2) is 0 Å². The van der Waals surface area contributed by atoms with Crippen LogP contribution in [0.25, 0.3) is 0 Å². The molecular weight excluding hydrogens is 196 g/mol. The first-order valence-electron chi connectivity index (χ1n) is 4.79. The lowest BCUT2D eigenvalue weighted by molar-refractivity contribution is 0.173. The largest absolute Gasteiger partial charge is 0.396 e. The van der Waals surface area contributed by atoms with Gasteiger partial charge in [-0.1, -0.05) is 19.1 Å². The van der Waals surface area contributed by atoms with Crippen molar-refractivity contribution >= 4 is 11.8 Å². The van der Waals surface area contributed by atoms with Crippen LogP contribution in [0.15, 0.2) is 29.2 Å². The molecule has 78 valence electrons. The zero-order valence-corrected chi connectivity index (χ0v) is 9.13. The summed E-state index contributed by atoms with van der Waals surface area (Å²) in [6.07, 6.45) is 0.384. The highest BCUT2D eigenvalue weighted by Gasteiger charge is 2.03. The van der Waals surface area contributed by atoms with Crippen LogP contribution in [-0.4, -0.2) is 22.6 Å². The topological polar surface area (TPSA) is 40.5 Å². The maximum atomic E-state index is 9.55. The summed E-state index contributed by atoms with van der Waals surface area (Å²) in [6.45, 7) is 2.16. The van der Waals surface area contributed by atoms with Crippen molar-refractivity contribution in [3.05, 3.63) is 29.8 Å². The molecule has 3 heteroatoms. The minimum atomic E-state index is -0.355. The Morgan fingerprint density at radius 1 is 1.29 bits per heavy atom. The van der Waals surface area contributed by atoms with Gasteiger partial charge in [-0.2, -0.15) is 0 Å². The first-order valence-corrected chi connectivity index (χ1v) is 5.78. The van der Waals surface area contributed by atoms with Gasteiger partial charge < -0.3 is 10.2 Å². The second kappa shape index (κ2) is 6.06. The number of hydrogen-bond acceptors (Lipinski definition) is 3. The minimum Gasteiger partial charge on any atom is -0.396 e. The van der Waals surface area contributed by atoms with Gasteiger partial charge in [0.05, 0.1) is 12.7 Å². The van der Waals surface area contributed by atoms with Gasteiger partial charge in [-0.3, -0.25) is 0 Å². The Balaban J connectivity index is 2.59. The van der Waals surface area contributed by atoms with Gasteiger partial charge in [0.25, 0.3) is 0 Å². The zero-order valence-electron chi connectivity index (χ0n) is 8.31. The van der Waals surface area contributed by atoms with Crippen LogP contribution in [0.3, 0.4) is 0 Å². The predicted octanol–water partition coefficient (Wildman–Crippen LogP) is 2.21. The van der Waals surface area contributed by atoms with E-state index in [1.54, 1.807) is 11.8 Å². The molecule has 0 aliphatic carbocycles. The van der Waals surface area contributed by atoms with Gasteiger partial charge >= 0.3 is 0 Å². The summed E-state index contributed by atoms with van der Waals surface area (Å²) >= 11 is 1.62. The van der Waals surface area contributed by atoms with Crippen molar-refractivity contribution < 1.29 is 10.2 Å². The molecule has 1 aromatic rings. The minimum absolute atomic E-state index is 0.198. The van der Waals surface area contributed by atoms with E-state index in [4.69, 9.17) is 5.11 Å². The average Bonchev–Trinajstić information content (AvgIpc) is 2.26. The zero-order chi connectivity index (χ0) is 10.4. The van der Waals surface area contributed by atoms with E-state index in [9.17, 15) is 5.11 Å². The molecular formula is C11H16O2S. The van der Waals surface area contributed by atoms with E-state index >= 15 is 0 Å². The Morgan fingerprint density at radius 2 is 1.93 bits per heavy atom. The maximum absolute atomic E-state index is 9.55. The molecule has 0 aliphatic heterocycles. The van der Waals surface area contributed by atoms with Crippen molar-refractivity contribution in [1.82, 2.24) is 0 Å². The molecule has 0 aliphatic rings. The number of benzene rings is 1. The molecule has 1 atom stereocenters. The second-order valence-corrected chi connectivity index (χ2v) is 4.23. The lowest BCUT2D eigenvalue weighted by atomic mass is 10.1. The SMILES string of the molecule is CC[C@H](O)c1ccc(SCCO)cc1. The van der Waals surface area contributed by atoms with Crippen molar-refractivity contribution in [2.24, 2.45) is 0 Å². The molecule has 0 spiro atoms. The van der Waals surface area contributed by atoms with Crippen molar-refractivity contribution in [3.63, 3.8) is 0 Å². The van der Waals surface area contributed by atoms with Crippen molar-refractivity contribution in [2.45, 2.75) is 24.3 Å². The van der Waals surface area contributed by atoms with E-state index in [2.05, 4.69) is 0 Å². The lowest BCUT2D eigenvalue weighted by Crippen LogP contribution is -1.94. The molecule has 0 unspecified atom stereocenters. The van der Waals surface area contributed by atoms with Gasteiger partial charge in [0, 0.05) is 10.6 Å². The number of rotatable bonds is 5. The Kier molecular flexibility index (Phi) is 5.01. The Morgan fingerprint density at radius 3 is 2.43 bits per heavy atom. The van der Waals surface area contributed by atoms with Crippen LogP contribution < -0.4 is 0 Å². The number of aliphatic hydroxyl groups excluding tert-OH is 2. The molecule has 0 saturated heterocycles. The molecule has 0 heterocycles. The Hall–Kier alpha value is -0.510. The highest BCUT2D eigenvalue weighted by molar-refractivity contribution is 7.99. The van der Waals surface area contributed by atoms with Crippen LogP contribution in [0.1, 0.15) is 25.0 Å². The fourth-order valence-electron chi connectivity index (χ4n) is 1.19. The van der Waals surface area contributed by atoms with Gasteiger partial charge in [-0.05, 0) is 24.1 Å². The third-order valence-corrected chi connectivity index (χ3v) is 3.00. The van der Waals surface area contributed by atoms with E-state index in [1.807, 2.05) is 31.2 Å². The summed E-state index contributed by atoms with van der Waals surface area (Å²) < 4.78 is 0. The number of thioether (sulfide) groups is 1. The molecule has 0 aromatic heterocycles. The Labute approximate surface area is 89.0 Å². The van der Waals surface area contributed by atoms with Crippen molar-refractivity contribution in [1.29, 1.82) is 0 Å². The first kappa shape index (κ1) is 11.6. The van der Waals surface area contributed by atoms with Gasteiger partial charge in [-0.15, -0.1) is 11.8 Å². The van der Waals surface area contributed by atoms with Crippen LogP contribution in [0.5, 0.6) is 0 Å². The molecule has 0 fully saturated rings. The molecule has 2 N–H and O–H groups in total. The summed E-state index contributed by atoms with van der Waals surface area (Å²) in [5.74, 6) is 0.718. The number of hydrogen-bond donors (Lipinski definition) is 2. The smallest absolute Gasteiger partial charge is 0.0787 e. The number of aliphatic hydroxyl groups is 2. The van der Waals surface area contributed by atoms with Crippen LogP contribution in [0, 0.1) is 0 Å². The van der Waals surface area contributed by atoms with Crippen molar-refractivity contribution in [2.75, 3.05) is 12.4 Å². The normalized spacial score (nSPS) is 12.8. The third-order valence-electron chi connectivity index (χ3n) is 2.01. The molecule has 14 heavy (non-hydrogen) atoms. The van der Waals surface area contributed by atoms with Gasteiger partial charge in [0.15, 0.2) is 0 Å². The summed E-state index contributed by atoms with van der Waals surface area (Å²) in [7, 11) is 0. The first-order chi connectivity index (χ1) is 6.77. The fourth-order valence-corrected chi connectivity index (χ4v) is 1.84. The van der Waals surface area contributed by atoms with E-state index < -0.39 is 0 Å². The molecule has 0 radical (unpaired) electrons. The van der Waals surface area contributed by atoms with Crippen LogP contribution in [-0.2, 0) is 0 Å². The quantitative estimate of drug-likeness (QED) is 0.735. The van der Waals surface area contributed by atoms with E-state index in [0.717, 1.165) is 22.6 Å². The van der Waals surface area contributed by atoms with E-state index in [-0.39, 0.29) is 12.7 Å². The average molecular weight is 212 g/mol. The second-order valence-electron chi connectivity index (χ2n) is 3.07. The van der Waals surface area contributed by atoms with Crippen molar-refractivity contribution in [3.8, 4) is 0 Å². The molecule has 0 saturated carbocycles. The summed E-state index contributed by atoms with van der Waals surface area (Å²) in [4.78, 5) is 1.13. The third kappa shape index (κ3) is 3.33. The summed E-state index contributed by atoms with van der Waals surface area (Å²) in [5, 5.41) is 18.2. The van der Waals surface area contributed by atoms with Gasteiger partial charge in [0.2, 0.25) is 0 Å². The molecule has 2 nitrogen and oxygen atoms in total. The summed E-state index contributed by atoms with van der Waals surface area (Å²) in [6, 6.07) is 7.84. The standard InChI is InChI=1S/C11H16O2S/c1-2-11(13)9-3-5-10(6-4-9)14-8-7-12/h3-6,11-13H,2,7-8H2,1H3/t11-/m0/s1. The van der Waals surface area contributed by atoms with E-state index in [0.29, 0.717) is 0 Å². The van der Waals surface area contributed by atoms with E-state index in [1.165, 1.54) is 0 Å². The monoisotopic (exact) mass is 212 g/mol. The summed E-state index contributed by atoms with van der Waals surface area (Å²) in [5.41, 5.74) is 0.959. The van der Waals surface area contributed by atoms with Crippen LogP contribution in [0.4, 0.5) is 0 Å². The van der Waals surface area contributed by atoms with Crippen LogP contribution in [0.2, 0.25) is 0 Å². The van der Waals surface area contributed by atoms with Gasteiger partial charge in [0.1, 0.15) is 0 Å². The molecule has 0 amide bonds. The molecule has 1 aromatic carbocycles.